The molecule has 0 radical (unpaired) electrons. The summed E-state index contributed by atoms with van der Waals surface area (Å²) in [6, 6.07) is 7.98. The minimum atomic E-state index is -0.690. The van der Waals surface area contributed by atoms with Crippen LogP contribution < -0.4 is 0 Å². The first-order valence-corrected chi connectivity index (χ1v) is 6.21. The van der Waals surface area contributed by atoms with Crippen molar-refractivity contribution in [1.29, 1.82) is 0 Å². The smallest absolute Gasteiger partial charge is 0.126 e. The molecule has 0 aromatic heterocycles. The molecule has 0 aliphatic heterocycles. The lowest BCUT2D eigenvalue weighted by atomic mass is 10.0. The van der Waals surface area contributed by atoms with E-state index in [9.17, 15) is 8.78 Å². The topological polar surface area (TPSA) is 0 Å². The highest BCUT2D eigenvalue weighted by Crippen LogP contribution is 2.33. The Labute approximate surface area is 118 Å². The molecular formula is C13H7Cl3F2. The second kappa shape index (κ2) is 5.43. The predicted octanol–water partition coefficient (Wildman–Crippen LogP) is 5.60. The van der Waals surface area contributed by atoms with E-state index >= 15 is 0 Å². The summed E-state index contributed by atoms with van der Waals surface area (Å²) in [6.07, 6.45) is 0. The van der Waals surface area contributed by atoms with Crippen LogP contribution in [0.2, 0.25) is 10.0 Å². The fourth-order valence-corrected chi connectivity index (χ4v) is 2.15. The monoisotopic (exact) mass is 306 g/mol. The first kappa shape index (κ1) is 13.6. The Morgan fingerprint density at radius 2 is 1.39 bits per heavy atom. The summed E-state index contributed by atoms with van der Waals surface area (Å²) in [5.41, 5.74) is 0.948. The molecule has 1 atom stereocenters. The second-order valence-electron chi connectivity index (χ2n) is 3.74. The van der Waals surface area contributed by atoms with Crippen molar-refractivity contribution in [2.24, 2.45) is 0 Å². The summed E-state index contributed by atoms with van der Waals surface area (Å²) in [5.74, 6) is -1.34. The van der Waals surface area contributed by atoms with Crippen LogP contribution in [0.3, 0.4) is 0 Å². The Morgan fingerprint density at radius 3 is 1.94 bits per heavy atom. The average molecular weight is 308 g/mol. The number of benzene rings is 2. The highest BCUT2D eigenvalue weighted by atomic mass is 35.5. The van der Waals surface area contributed by atoms with Gasteiger partial charge in [-0.2, -0.15) is 0 Å². The Balaban J connectivity index is 2.40. The van der Waals surface area contributed by atoms with Gasteiger partial charge in [-0.3, -0.25) is 0 Å². The molecule has 0 aliphatic carbocycles. The quantitative estimate of drug-likeness (QED) is 0.633. The molecule has 18 heavy (non-hydrogen) atoms. The fraction of sp³-hybridized carbons (Fsp3) is 0.0769. The van der Waals surface area contributed by atoms with Gasteiger partial charge in [-0.05, 0) is 35.4 Å². The predicted molar refractivity (Wildman–Crippen MR) is 70.5 cm³/mol. The third-order valence-electron chi connectivity index (χ3n) is 2.41. The third kappa shape index (κ3) is 2.94. The molecule has 0 nitrogen and oxygen atoms in total. The summed E-state index contributed by atoms with van der Waals surface area (Å²) in [7, 11) is 0. The maximum atomic E-state index is 13.1. The summed E-state index contributed by atoms with van der Waals surface area (Å²) < 4.78 is 26.2. The van der Waals surface area contributed by atoms with Gasteiger partial charge in [-0.1, -0.05) is 29.3 Å². The molecule has 2 aromatic carbocycles. The van der Waals surface area contributed by atoms with Crippen LogP contribution in [0.25, 0.3) is 0 Å². The van der Waals surface area contributed by atoms with Crippen LogP contribution in [0.15, 0.2) is 36.4 Å². The summed E-state index contributed by atoms with van der Waals surface area (Å²) in [5, 5.41) is 0.0522. The molecule has 5 heteroatoms. The van der Waals surface area contributed by atoms with Crippen LogP contribution in [0.5, 0.6) is 0 Å². The van der Waals surface area contributed by atoms with Crippen molar-refractivity contribution in [3.05, 3.63) is 69.2 Å². The third-order valence-corrected chi connectivity index (χ3v) is 3.66. The molecule has 0 saturated carbocycles. The van der Waals surface area contributed by atoms with E-state index in [1.807, 2.05) is 0 Å². The molecule has 0 saturated heterocycles. The molecule has 0 bridgehead atoms. The van der Waals surface area contributed by atoms with Gasteiger partial charge in [0.05, 0.1) is 15.4 Å². The van der Waals surface area contributed by atoms with E-state index < -0.39 is 17.0 Å². The van der Waals surface area contributed by atoms with Crippen LogP contribution >= 0.6 is 34.8 Å². The Morgan fingerprint density at radius 1 is 0.778 bits per heavy atom. The zero-order chi connectivity index (χ0) is 13.3. The average Bonchev–Trinajstić information content (AvgIpc) is 2.30. The Bertz CT molecular complexity index is 564. The summed E-state index contributed by atoms with van der Waals surface area (Å²) in [4.78, 5) is 0. The molecule has 2 rings (SSSR count). The molecule has 2 aromatic rings. The maximum absolute atomic E-state index is 13.1. The molecule has 1 unspecified atom stereocenters. The highest BCUT2D eigenvalue weighted by Gasteiger charge is 2.14. The van der Waals surface area contributed by atoms with Crippen molar-refractivity contribution < 1.29 is 8.78 Å². The molecule has 0 spiro atoms. The van der Waals surface area contributed by atoms with E-state index in [-0.39, 0.29) is 0 Å². The zero-order valence-electron chi connectivity index (χ0n) is 8.93. The van der Waals surface area contributed by atoms with Crippen LogP contribution in [-0.4, -0.2) is 0 Å². The van der Waals surface area contributed by atoms with Gasteiger partial charge < -0.3 is 0 Å². The van der Waals surface area contributed by atoms with Gasteiger partial charge in [0.1, 0.15) is 11.6 Å². The van der Waals surface area contributed by atoms with Crippen LogP contribution in [0.4, 0.5) is 8.78 Å². The van der Waals surface area contributed by atoms with Crippen LogP contribution in [0, 0.1) is 11.6 Å². The van der Waals surface area contributed by atoms with Gasteiger partial charge in [-0.15, -0.1) is 11.6 Å². The van der Waals surface area contributed by atoms with Crippen molar-refractivity contribution in [3.63, 3.8) is 0 Å². The van der Waals surface area contributed by atoms with Gasteiger partial charge in [0.15, 0.2) is 0 Å². The minimum Gasteiger partial charge on any atom is -0.207 e. The van der Waals surface area contributed by atoms with Crippen LogP contribution in [0.1, 0.15) is 16.5 Å². The lowest BCUT2D eigenvalue weighted by molar-refractivity contribution is 0.580. The van der Waals surface area contributed by atoms with E-state index in [0.717, 1.165) is 6.07 Å². The minimum absolute atomic E-state index is 0.326. The number of hydrogen-bond acceptors (Lipinski definition) is 0. The van der Waals surface area contributed by atoms with Gasteiger partial charge in [0.25, 0.3) is 0 Å². The molecule has 0 aliphatic rings. The Kier molecular flexibility index (Phi) is 4.10. The van der Waals surface area contributed by atoms with E-state index in [1.165, 1.54) is 12.1 Å². The number of rotatable bonds is 2. The van der Waals surface area contributed by atoms with Crippen molar-refractivity contribution in [2.45, 2.75) is 5.38 Å². The highest BCUT2D eigenvalue weighted by molar-refractivity contribution is 6.42. The fourth-order valence-electron chi connectivity index (χ4n) is 1.58. The molecular weight excluding hydrogens is 300 g/mol. The van der Waals surface area contributed by atoms with Gasteiger partial charge in [0.2, 0.25) is 0 Å². The molecule has 0 N–H and O–H groups in total. The summed E-state index contributed by atoms with van der Waals surface area (Å²) in [6.45, 7) is 0. The number of alkyl halides is 1. The standard InChI is InChI=1S/C13H7Cl3F2/c14-11-2-1-7(5-12(11)15)13(16)8-3-9(17)6-10(18)4-8/h1-6,13H. The molecule has 0 fully saturated rings. The van der Waals surface area contributed by atoms with E-state index in [2.05, 4.69) is 0 Å². The number of hydrogen-bond donors (Lipinski definition) is 0. The van der Waals surface area contributed by atoms with Crippen molar-refractivity contribution in [3.8, 4) is 0 Å². The van der Waals surface area contributed by atoms with Gasteiger partial charge in [0, 0.05) is 6.07 Å². The van der Waals surface area contributed by atoms with E-state index in [4.69, 9.17) is 34.8 Å². The van der Waals surface area contributed by atoms with Gasteiger partial charge in [-0.25, -0.2) is 8.78 Å². The van der Waals surface area contributed by atoms with Crippen molar-refractivity contribution in [1.82, 2.24) is 0 Å². The lowest BCUT2D eigenvalue weighted by Gasteiger charge is -2.11. The van der Waals surface area contributed by atoms with Crippen LogP contribution in [-0.2, 0) is 0 Å². The first-order valence-electron chi connectivity index (χ1n) is 5.02. The maximum Gasteiger partial charge on any atom is 0.126 e. The molecule has 94 valence electrons. The SMILES string of the molecule is Fc1cc(F)cc(C(Cl)c2ccc(Cl)c(Cl)c2)c1. The molecule has 0 heterocycles. The van der Waals surface area contributed by atoms with Crippen molar-refractivity contribution in [2.75, 3.05) is 0 Å². The zero-order valence-corrected chi connectivity index (χ0v) is 11.2. The lowest BCUT2D eigenvalue weighted by Crippen LogP contribution is -1.95. The van der Waals surface area contributed by atoms with E-state index in [1.54, 1.807) is 18.2 Å². The van der Waals surface area contributed by atoms with Gasteiger partial charge >= 0.3 is 0 Å². The number of halogens is 5. The second-order valence-corrected chi connectivity index (χ2v) is 4.99. The normalized spacial score (nSPS) is 12.5. The van der Waals surface area contributed by atoms with Crippen molar-refractivity contribution >= 4 is 34.8 Å². The van der Waals surface area contributed by atoms with E-state index in [0.29, 0.717) is 21.2 Å². The summed E-state index contributed by atoms with van der Waals surface area (Å²) >= 11 is 17.8. The molecule has 0 amide bonds. The largest absolute Gasteiger partial charge is 0.207 e. The first-order chi connectivity index (χ1) is 8.47. The Hall–Kier alpha value is -0.830.